The normalized spacial score (nSPS) is 24.6. The topological polar surface area (TPSA) is 0 Å². The zero-order chi connectivity index (χ0) is 20.9. The summed E-state index contributed by atoms with van der Waals surface area (Å²) in [6.45, 7) is 15.1. The van der Waals surface area contributed by atoms with E-state index in [1.165, 1.54) is 64.2 Å². The maximum atomic E-state index is 2.57. The Labute approximate surface area is 216 Å². The fraction of sp³-hybridized carbons (Fsp3) is 0.714. The summed E-state index contributed by atoms with van der Waals surface area (Å²) in [6.07, 6.45) is 24.0. The van der Waals surface area contributed by atoms with Crippen molar-refractivity contribution in [3.8, 4) is 0 Å². The average molecular weight is 543 g/mol. The molecule has 0 bridgehead atoms. The van der Waals surface area contributed by atoms with Gasteiger partial charge in [0.1, 0.15) is 0 Å². The molecule has 0 spiro atoms. The molecule has 3 heteroatoms. The van der Waals surface area contributed by atoms with Gasteiger partial charge < -0.3 is 0 Å². The van der Waals surface area contributed by atoms with Crippen molar-refractivity contribution in [3.05, 3.63) is 42.0 Å². The Hall–Kier alpha value is 0.423. The smallest absolute Gasteiger partial charge is 0.147 e. The molecule has 4 rings (SSSR count). The largest absolute Gasteiger partial charge is 0.147 e. The van der Waals surface area contributed by atoms with Crippen molar-refractivity contribution in [1.29, 1.82) is 0 Å². The standard InChI is InChI=1S/2C14H21.2ClH.Zr/c2*1-13(2,3)14(10-6-7-11-14)12-8-4-5-9-12;;;/h2*4,8H,5-7,10-11H2,1-3H3;2*1H;. The molecule has 2 fully saturated rings. The molecule has 0 aromatic carbocycles. The van der Waals surface area contributed by atoms with Crippen LogP contribution in [0.4, 0.5) is 0 Å². The molecule has 174 valence electrons. The third kappa shape index (κ3) is 4.69. The number of rotatable bonds is 4. The third-order valence-electron chi connectivity index (χ3n) is 8.98. The summed E-state index contributed by atoms with van der Waals surface area (Å²) in [6, 6.07) is 0. The van der Waals surface area contributed by atoms with E-state index in [0.29, 0.717) is 21.7 Å². The van der Waals surface area contributed by atoms with E-state index in [2.05, 4.69) is 65.8 Å². The summed E-state index contributed by atoms with van der Waals surface area (Å²) in [5, 5.41) is 0. The van der Waals surface area contributed by atoms with Gasteiger partial charge in [-0.3, -0.25) is 0 Å². The second kappa shape index (κ2) is 9.96. The number of hydrogen-bond acceptors (Lipinski definition) is 0. The van der Waals surface area contributed by atoms with Gasteiger partial charge in [0, 0.05) is 0 Å². The van der Waals surface area contributed by atoms with Gasteiger partial charge in [0.15, 0.2) is 0 Å². The van der Waals surface area contributed by atoms with Crippen molar-refractivity contribution in [2.75, 3.05) is 0 Å². The first kappa shape index (κ1) is 27.7. The zero-order valence-corrected chi connectivity index (χ0v) is 24.8. The van der Waals surface area contributed by atoms with Gasteiger partial charge in [-0.2, -0.15) is 0 Å². The van der Waals surface area contributed by atoms with Crippen LogP contribution in [0.25, 0.3) is 0 Å². The first-order chi connectivity index (χ1) is 13.6. The van der Waals surface area contributed by atoms with Crippen molar-refractivity contribution < 1.29 is 23.2 Å². The van der Waals surface area contributed by atoms with Crippen LogP contribution in [-0.2, 0) is 23.2 Å². The predicted octanol–water partition coefficient (Wildman–Crippen LogP) is 9.55. The molecule has 31 heavy (non-hydrogen) atoms. The maximum absolute atomic E-state index is 2.57. The zero-order valence-electron chi connectivity index (χ0n) is 20.7. The van der Waals surface area contributed by atoms with Gasteiger partial charge in [0.2, 0.25) is 0 Å². The Morgan fingerprint density at radius 1 is 0.613 bits per heavy atom. The van der Waals surface area contributed by atoms with E-state index < -0.39 is 23.2 Å². The molecule has 0 aromatic rings. The Kier molecular flexibility index (Phi) is 8.89. The van der Waals surface area contributed by atoms with Gasteiger partial charge in [0.05, 0.1) is 0 Å². The quantitative estimate of drug-likeness (QED) is 0.332. The van der Waals surface area contributed by atoms with Crippen molar-refractivity contribution in [1.82, 2.24) is 0 Å². The van der Waals surface area contributed by atoms with Crippen LogP contribution in [0.5, 0.6) is 0 Å². The Morgan fingerprint density at radius 3 is 1.23 bits per heavy atom. The first-order valence-electron chi connectivity index (χ1n) is 12.2. The molecule has 0 aliphatic heterocycles. The van der Waals surface area contributed by atoms with Crippen molar-refractivity contribution in [2.45, 2.75) is 106 Å². The molecule has 0 aromatic heterocycles. The number of allylic oxidation sites excluding steroid dienone is 8. The van der Waals surface area contributed by atoms with Crippen molar-refractivity contribution >= 4 is 24.8 Å². The summed E-state index contributed by atoms with van der Waals surface area (Å²) < 4.78 is 3.84. The van der Waals surface area contributed by atoms with Crippen molar-refractivity contribution in [2.24, 2.45) is 21.7 Å². The molecule has 0 N–H and O–H groups in total. The van der Waals surface area contributed by atoms with E-state index in [-0.39, 0.29) is 24.8 Å². The first-order valence-corrected chi connectivity index (χ1v) is 14.6. The van der Waals surface area contributed by atoms with Crippen LogP contribution in [0, 0.1) is 21.7 Å². The molecule has 0 atom stereocenters. The fourth-order valence-corrected chi connectivity index (χ4v) is 11.4. The monoisotopic (exact) mass is 540 g/mol. The van der Waals surface area contributed by atoms with Gasteiger partial charge in [-0.05, 0) is 0 Å². The van der Waals surface area contributed by atoms with Gasteiger partial charge in [-0.15, -0.1) is 24.8 Å². The van der Waals surface area contributed by atoms with Gasteiger partial charge in [-0.1, -0.05) is 0 Å². The molecule has 2 saturated carbocycles. The second-order valence-corrected chi connectivity index (χ2v) is 15.8. The van der Waals surface area contributed by atoms with Gasteiger partial charge >= 0.3 is 193 Å². The van der Waals surface area contributed by atoms with E-state index in [1.54, 1.807) is 0 Å². The predicted molar refractivity (Wildman–Crippen MR) is 137 cm³/mol. The van der Waals surface area contributed by atoms with Crippen LogP contribution in [0.3, 0.4) is 0 Å². The van der Waals surface area contributed by atoms with E-state index in [0.717, 1.165) is 0 Å². The van der Waals surface area contributed by atoms with Crippen LogP contribution in [-0.4, -0.2) is 0 Å². The summed E-state index contributed by atoms with van der Waals surface area (Å²) in [4.78, 5) is 0. The van der Waals surface area contributed by atoms with E-state index in [4.69, 9.17) is 0 Å². The number of hydrogen-bond donors (Lipinski definition) is 0. The van der Waals surface area contributed by atoms with Crippen molar-refractivity contribution in [3.63, 3.8) is 0 Å². The van der Waals surface area contributed by atoms with Crippen LogP contribution in [0.1, 0.15) is 106 Å². The summed E-state index contributed by atoms with van der Waals surface area (Å²) in [7, 11) is 0. The minimum Gasteiger partial charge on any atom is -0.147 e. The summed E-state index contributed by atoms with van der Waals surface area (Å²) >= 11 is -0.707. The minimum absolute atomic E-state index is 0. The molecular formula is C28H44Cl2Zr. The second-order valence-electron chi connectivity index (χ2n) is 12.2. The van der Waals surface area contributed by atoms with E-state index >= 15 is 0 Å². The minimum atomic E-state index is -0.707. The molecule has 0 heterocycles. The van der Waals surface area contributed by atoms with E-state index in [9.17, 15) is 0 Å². The maximum Gasteiger partial charge on any atom is -0.147 e. The average Bonchev–Trinajstić information content (AvgIpc) is 3.41. The van der Waals surface area contributed by atoms with Crippen LogP contribution >= 0.6 is 24.8 Å². The van der Waals surface area contributed by atoms with Crippen LogP contribution in [0.15, 0.2) is 42.0 Å². The van der Waals surface area contributed by atoms with E-state index in [1.807, 2.05) is 17.7 Å². The Balaban J connectivity index is 0.00000171. The third-order valence-corrected chi connectivity index (χ3v) is 12.8. The van der Waals surface area contributed by atoms with Crippen LogP contribution in [0.2, 0.25) is 0 Å². The summed E-state index contributed by atoms with van der Waals surface area (Å²) in [5.41, 5.74) is 5.26. The van der Waals surface area contributed by atoms with Gasteiger partial charge in [-0.25, -0.2) is 0 Å². The fourth-order valence-electron chi connectivity index (χ4n) is 7.13. The molecule has 4 aliphatic rings. The molecule has 0 nitrogen and oxygen atoms in total. The summed E-state index contributed by atoms with van der Waals surface area (Å²) in [5.74, 6) is 0. The SMILES string of the molecule is CC(C)(C)C1(C2=[C]([Zr][C]3=C(C4(C(C)(C)C)CCCC4)C=CC3)CC=C2)CCCC1.Cl.Cl. The molecule has 4 aliphatic carbocycles. The Morgan fingerprint density at radius 2 is 0.935 bits per heavy atom. The molecule has 0 saturated heterocycles. The molecular weight excluding hydrogens is 498 g/mol. The Bertz CT molecular complexity index is 705. The molecule has 0 radical (unpaired) electrons. The van der Waals surface area contributed by atoms with Crippen LogP contribution < -0.4 is 0 Å². The number of halogens is 2. The molecule has 0 amide bonds. The van der Waals surface area contributed by atoms with Gasteiger partial charge in [0.25, 0.3) is 0 Å². The molecule has 0 unspecified atom stereocenters.